The summed E-state index contributed by atoms with van der Waals surface area (Å²) in [5.74, 6) is 1.58. The van der Waals surface area contributed by atoms with Crippen molar-refractivity contribution < 1.29 is 0 Å². The van der Waals surface area contributed by atoms with Crippen LogP contribution in [0.2, 0.25) is 0 Å². The van der Waals surface area contributed by atoms with Gasteiger partial charge in [-0.05, 0) is 35.7 Å². The zero-order chi connectivity index (χ0) is 14.1. The highest BCUT2D eigenvalue weighted by Crippen LogP contribution is 2.35. The summed E-state index contributed by atoms with van der Waals surface area (Å²) in [6.07, 6.45) is 4.06. The van der Waals surface area contributed by atoms with Crippen molar-refractivity contribution in [2.75, 3.05) is 23.8 Å². The fourth-order valence-electron chi connectivity index (χ4n) is 2.52. The average Bonchev–Trinajstić information content (AvgIpc) is 3.07. The van der Waals surface area contributed by atoms with Gasteiger partial charge in [-0.3, -0.25) is 0 Å². The molecule has 1 aliphatic heterocycles. The Balaban J connectivity index is 1.92. The van der Waals surface area contributed by atoms with Crippen LogP contribution in [0.15, 0.2) is 16.0 Å². The van der Waals surface area contributed by atoms with E-state index in [4.69, 9.17) is 0 Å². The molecule has 0 aliphatic carbocycles. The van der Waals surface area contributed by atoms with Crippen LogP contribution in [-0.2, 0) is 0 Å². The molecule has 20 heavy (non-hydrogen) atoms. The van der Waals surface area contributed by atoms with Crippen LogP contribution in [0.3, 0.4) is 0 Å². The molecule has 0 bridgehead atoms. The van der Waals surface area contributed by atoms with Crippen LogP contribution < -0.4 is 10.2 Å². The maximum absolute atomic E-state index is 4.62. The average molecular weight is 354 g/mol. The summed E-state index contributed by atoms with van der Waals surface area (Å²) >= 11 is 5.15. The quantitative estimate of drug-likeness (QED) is 0.916. The van der Waals surface area contributed by atoms with Crippen molar-refractivity contribution in [1.29, 1.82) is 0 Å². The van der Waals surface area contributed by atoms with Crippen LogP contribution >= 0.6 is 27.3 Å². The third-order valence-corrected chi connectivity index (χ3v) is 4.83. The van der Waals surface area contributed by atoms with E-state index in [1.54, 1.807) is 17.5 Å². The molecule has 0 amide bonds. The van der Waals surface area contributed by atoms with E-state index in [0.717, 1.165) is 46.3 Å². The molecule has 7 heteroatoms. The Morgan fingerprint density at radius 2 is 2.30 bits per heavy atom. The third-order valence-electron chi connectivity index (χ3n) is 3.46. The number of anilines is 2. The second kappa shape index (κ2) is 5.65. The lowest BCUT2D eigenvalue weighted by atomic mass is 10.2. The second-order valence-corrected chi connectivity index (χ2v) is 6.68. The van der Waals surface area contributed by atoms with E-state index >= 15 is 0 Å². The minimum absolute atomic E-state index is 0.297. The van der Waals surface area contributed by atoms with Gasteiger partial charge in [-0.15, -0.1) is 11.3 Å². The van der Waals surface area contributed by atoms with Gasteiger partial charge in [-0.25, -0.2) is 9.97 Å². The van der Waals surface area contributed by atoms with Gasteiger partial charge in [0.2, 0.25) is 5.95 Å². The van der Waals surface area contributed by atoms with E-state index in [2.05, 4.69) is 46.5 Å². The number of hydrogen-bond acceptors (Lipinski definition) is 6. The van der Waals surface area contributed by atoms with Gasteiger partial charge in [0.25, 0.3) is 0 Å². The molecular formula is C13H16BrN5S. The zero-order valence-electron chi connectivity index (χ0n) is 11.4. The van der Waals surface area contributed by atoms with Gasteiger partial charge in [-0.1, -0.05) is 0 Å². The predicted octanol–water partition coefficient (Wildman–Crippen LogP) is 3.39. The number of rotatable bonds is 3. The monoisotopic (exact) mass is 353 g/mol. The predicted molar refractivity (Wildman–Crippen MR) is 85.5 cm³/mol. The Kier molecular flexibility index (Phi) is 3.89. The molecule has 1 aliphatic rings. The SMILES string of the molecule is CNc1nc(N2CCCC2c2csc(C)n2)ncc1Br. The third kappa shape index (κ3) is 2.52. The molecule has 5 nitrogen and oxygen atoms in total. The van der Waals surface area contributed by atoms with Gasteiger partial charge in [0.1, 0.15) is 5.82 Å². The number of aromatic nitrogens is 3. The highest BCUT2D eigenvalue weighted by atomic mass is 79.9. The van der Waals surface area contributed by atoms with Crippen LogP contribution in [0.1, 0.15) is 29.6 Å². The summed E-state index contributed by atoms with van der Waals surface area (Å²) in [7, 11) is 1.86. The lowest BCUT2D eigenvalue weighted by molar-refractivity contribution is 0.683. The van der Waals surface area contributed by atoms with E-state index in [0.29, 0.717) is 6.04 Å². The molecule has 1 atom stereocenters. The standard InChI is InChI=1S/C13H16BrN5S/c1-8-17-10(7-20-8)11-4-3-5-19(11)13-16-6-9(14)12(15-2)18-13/h6-7,11H,3-5H2,1-2H3,(H,15,16,18). The molecule has 0 aromatic carbocycles. The lowest BCUT2D eigenvalue weighted by Gasteiger charge is -2.23. The molecular weight excluding hydrogens is 338 g/mol. The first-order valence-corrected chi connectivity index (χ1v) is 8.25. The van der Waals surface area contributed by atoms with Crippen LogP contribution in [0.25, 0.3) is 0 Å². The normalized spacial score (nSPS) is 18.6. The van der Waals surface area contributed by atoms with Crippen LogP contribution in [0, 0.1) is 6.92 Å². The largest absolute Gasteiger partial charge is 0.372 e. The van der Waals surface area contributed by atoms with Crippen molar-refractivity contribution in [2.24, 2.45) is 0 Å². The van der Waals surface area contributed by atoms with Gasteiger partial charge in [0, 0.05) is 25.2 Å². The van der Waals surface area contributed by atoms with E-state index in [-0.39, 0.29) is 0 Å². The number of hydrogen-bond donors (Lipinski definition) is 1. The summed E-state index contributed by atoms with van der Waals surface area (Å²) in [5.41, 5.74) is 1.14. The zero-order valence-corrected chi connectivity index (χ0v) is 13.8. The van der Waals surface area contributed by atoms with Crippen molar-refractivity contribution in [3.05, 3.63) is 26.8 Å². The van der Waals surface area contributed by atoms with Gasteiger partial charge in [0.15, 0.2) is 0 Å². The number of aryl methyl sites for hydroxylation is 1. The van der Waals surface area contributed by atoms with Crippen molar-refractivity contribution in [2.45, 2.75) is 25.8 Å². The number of nitrogens with zero attached hydrogens (tertiary/aromatic N) is 4. The smallest absolute Gasteiger partial charge is 0.227 e. The first-order chi connectivity index (χ1) is 9.69. The molecule has 0 spiro atoms. The molecule has 1 saturated heterocycles. The van der Waals surface area contributed by atoms with E-state index in [9.17, 15) is 0 Å². The molecule has 2 aromatic rings. The topological polar surface area (TPSA) is 53.9 Å². The minimum Gasteiger partial charge on any atom is -0.372 e. The Bertz CT molecular complexity index is 615. The molecule has 2 aromatic heterocycles. The van der Waals surface area contributed by atoms with Crippen LogP contribution in [-0.4, -0.2) is 28.5 Å². The maximum Gasteiger partial charge on any atom is 0.227 e. The minimum atomic E-state index is 0.297. The molecule has 106 valence electrons. The number of thiazole rings is 1. The highest BCUT2D eigenvalue weighted by Gasteiger charge is 2.30. The Hall–Kier alpha value is -1.21. The lowest BCUT2D eigenvalue weighted by Crippen LogP contribution is -2.25. The van der Waals surface area contributed by atoms with E-state index in [1.807, 2.05) is 14.0 Å². The van der Waals surface area contributed by atoms with Gasteiger partial charge in [-0.2, -0.15) is 4.98 Å². The fourth-order valence-corrected chi connectivity index (χ4v) is 3.57. The van der Waals surface area contributed by atoms with Crippen LogP contribution in [0.5, 0.6) is 0 Å². The Morgan fingerprint density at radius 3 is 3.00 bits per heavy atom. The molecule has 3 rings (SSSR count). The first-order valence-electron chi connectivity index (χ1n) is 6.58. The summed E-state index contributed by atoms with van der Waals surface area (Å²) < 4.78 is 0.879. The Labute approximate surface area is 130 Å². The van der Waals surface area contributed by atoms with E-state index in [1.165, 1.54) is 0 Å². The summed E-state index contributed by atoms with van der Waals surface area (Å²) in [6, 6.07) is 0.297. The van der Waals surface area contributed by atoms with Crippen molar-refractivity contribution in [1.82, 2.24) is 15.0 Å². The van der Waals surface area contributed by atoms with Crippen molar-refractivity contribution in [3.8, 4) is 0 Å². The van der Waals surface area contributed by atoms with Gasteiger partial charge < -0.3 is 10.2 Å². The van der Waals surface area contributed by atoms with Crippen molar-refractivity contribution in [3.63, 3.8) is 0 Å². The molecule has 1 unspecified atom stereocenters. The molecule has 3 heterocycles. The molecule has 0 saturated carbocycles. The van der Waals surface area contributed by atoms with E-state index < -0.39 is 0 Å². The summed E-state index contributed by atoms with van der Waals surface area (Å²) in [4.78, 5) is 15.9. The van der Waals surface area contributed by atoms with Crippen molar-refractivity contribution >= 4 is 39.0 Å². The summed E-state index contributed by atoms with van der Waals surface area (Å²) in [6.45, 7) is 3.02. The van der Waals surface area contributed by atoms with Gasteiger partial charge in [0.05, 0.1) is 21.2 Å². The highest BCUT2D eigenvalue weighted by molar-refractivity contribution is 9.10. The fraction of sp³-hybridized carbons (Fsp3) is 0.462. The molecule has 0 radical (unpaired) electrons. The summed E-state index contributed by atoms with van der Waals surface area (Å²) in [5, 5.41) is 6.34. The van der Waals surface area contributed by atoms with Crippen LogP contribution in [0.4, 0.5) is 11.8 Å². The number of halogens is 1. The Morgan fingerprint density at radius 1 is 1.45 bits per heavy atom. The maximum atomic E-state index is 4.62. The molecule has 1 N–H and O–H groups in total. The number of nitrogens with one attached hydrogen (secondary N) is 1. The molecule has 1 fully saturated rings. The second-order valence-electron chi connectivity index (χ2n) is 4.76. The van der Waals surface area contributed by atoms with Gasteiger partial charge >= 0.3 is 0 Å². The first kappa shape index (κ1) is 13.8.